The summed E-state index contributed by atoms with van der Waals surface area (Å²) in [7, 11) is 1.58. The number of aromatic nitrogens is 3. The number of nitrogens with zero attached hydrogens (tertiary/aromatic N) is 2. The van der Waals surface area contributed by atoms with Crippen molar-refractivity contribution in [2.75, 3.05) is 18.2 Å². The number of hydrogen-bond donors (Lipinski definition) is 4. The minimum atomic E-state index is 0.544. The van der Waals surface area contributed by atoms with Gasteiger partial charge >= 0.3 is 0 Å². The zero-order valence-corrected chi connectivity index (χ0v) is 13.3. The molecule has 0 saturated carbocycles. The molecule has 0 aliphatic rings. The quantitative estimate of drug-likeness (QED) is 0.412. The van der Waals surface area contributed by atoms with E-state index < -0.39 is 0 Å². The van der Waals surface area contributed by atoms with Crippen LogP contribution in [-0.2, 0) is 0 Å². The van der Waals surface area contributed by atoms with Gasteiger partial charge in [0, 0.05) is 11.8 Å². The van der Waals surface area contributed by atoms with E-state index in [2.05, 4.69) is 36.2 Å². The van der Waals surface area contributed by atoms with Gasteiger partial charge < -0.3 is 20.8 Å². The molecule has 0 bridgehead atoms. The molecule has 3 rings (SSSR count). The van der Waals surface area contributed by atoms with Crippen molar-refractivity contribution in [2.45, 2.75) is 0 Å². The molecule has 6 N–H and O–H groups in total. The number of ether oxygens (including phenoxy) is 1. The number of halogens is 1. The summed E-state index contributed by atoms with van der Waals surface area (Å²) >= 11 is 3.39. The molecule has 0 aliphatic carbocycles. The maximum atomic E-state index is 5.91. The van der Waals surface area contributed by atoms with Gasteiger partial charge in [-0.25, -0.2) is 9.97 Å². The second-order valence-electron chi connectivity index (χ2n) is 4.57. The first kappa shape index (κ1) is 14.3. The lowest BCUT2D eigenvalue weighted by Crippen LogP contribution is -2.30. The minimum absolute atomic E-state index is 0.544. The first-order valence-electron chi connectivity index (χ1n) is 6.41. The number of nitrogens with one attached hydrogen (secondary N) is 2. The zero-order valence-electron chi connectivity index (χ0n) is 11.7. The Bertz CT molecular complexity index is 860. The van der Waals surface area contributed by atoms with E-state index in [1.807, 2.05) is 12.1 Å². The Kier molecular flexibility index (Phi) is 3.68. The van der Waals surface area contributed by atoms with E-state index >= 15 is 0 Å². The Hall–Kier alpha value is -2.61. The van der Waals surface area contributed by atoms with Gasteiger partial charge in [-0.3, -0.25) is 5.41 Å². The van der Waals surface area contributed by atoms with Gasteiger partial charge in [0.25, 0.3) is 0 Å². The van der Waals surface area contributed by atoms with Crippen LogP contribution in [0.2, 0.25) is 0 Å². The van der Waals surface area contributed by atoms with Crippen molar-refractivity contribution in [3.05, 3.63) is 34.7 Å². The fraction of sp³-hybridized carbons (Fsp3) is 0.0714. The number of rotatable bonds is 4. The average molecular weight is 362 g/mol. The van der Waals surface area contributed by atoms with E-state index in [9.17, 15) is 0 Å². The SMILES string of the molecule is COc1cc(N)c(C=[NH2+])cc1Nc1ncnc2[nH]c(Br)cc12. The molecule has 8 heteroatoms. The van der Waals surface area contributed by atoms with Crippen LogP contribution in [0.5, 0.6) is 5.75 Å². The van der Waals surface area contributed by atoms with Crippen molar-refractivity contribution in [3.8, 4) is 5.75 Å². The van der Waals surface area contributed by atoms with Crippen molar-refractivity contribution in [1.82, 2.24) is 15.0 Å². The van der Waals surface area contributed by atoms with Gasteiger partial charge in [0.15, 0.2) is 6.21 Å². The lowest BCUT2D eigenvalue weighted by atomic mass is 10.1. The number of nitrogen functional groups attached to an aromatic ring is 1. The van der Waals surface area contributed by atoms with Crippen LogP contribution in [0.1, 0.15) is 5.56 Å². The molecule has 3 aromatic rings. The average Bonchev–Trinajstić information content (AvgIpc) is 2.89. The molecule has 0 spiro atoms. The Morgan fingerprint density at radius 1 is 1.36 bits per heavy atom. The third kappa shape index (κ3) is 2.48. The molecular weight excluding hydrogens is 348 g/mol. The molecule has 0 amide bonds. The molecule has 0 fully saturated rings. The minimum Gasteiger partial charge on any atom is -0.494 e. The van der Waals surface area contributed by atoms with Crippen LogP contribution in [-0.4, -0.2) is 28.3 Å². The van der Waals surface area contributed by atoms with Crippen molar-refractivity contribution in [2.24, 2.45) is 0 Å². The maximum Gasteiger partial charge on any atom is 0.169 e. The van der Waals surface area contributed by atoms with Gasteiger partial charge in [0.05, 0.1) is 28.4 Å². The van der Waals surface area contributed by atoms with Crippen LogP contribution in [0.25, 0.3) is 11.0 Å². The number of methoxy groups -OCH3 is 1. The number of hydrogen-bond acceptors (Lipinski definition) is 5. The summed E-state index contributed by atoms with van der Waals surface area (Å²) in [5.41, 5.74) is 8.60. The van der Waals surface area contributed by atoms with E-state index in [4.69, 9.17) is 15.9 Å². The largest absolute Gasteiger partial charge is 0.494 e. The Morgan fingerprint density at radius 3 is 2.91 bits per heavy atom. The van der Waals surface area contributed by atoms with E-state index in [1.54, 1.807) is 13.2 Å². The Balaban J connectivity index is 2.09. The van der Waals surface area contributed by atoms with Crippen LogP contribution >= 0.6 is 15.9 Å². The predicted molar refractivity (Wildman–Crippen MR) is 89.4 cm³/mol. The second kappa shape index (κ2) is 5.64. The molecule has 0 unspecified atom stereocenters. The van der Waals surface area contributed by atoms with Crippen LogP contribution in [0.4, 0.5) is 17.2 Å². The van der Waals surface area contributed by atoms with Crippen LogP contribution in [0.15, 0.2) is 29.1 Å². The molecule has 22 heavy (non-hydrogen) atoms. The molecule has 0 atom stereocenters. The third-order valence-corrected chi connectivity index (χ3v) is 3.66. The fourth-order valence-electron chi connectivity index (χ4n) is 2.16. The third-order valence-electron chi connectivity index (χ3n) is 3.23. The molecule has 0 aliphatic heterocycles. The number of anilines is 3. The van der Waals surface area contributed by atoms with Gasteiger partial charge in [-0.1, -0.05) is 0 Å². The lowest BCUT2D eigenvalue weighted by Gasteiger charge is -2.12. The lowest BCUT2D eigenvalue weighted by molar-refractivity contribution is -0.104. The summed E-state index contributed by atoms with van der Waals surface area (Å²) in [5.74, 6) is 1.25. The number of aromatic amines is 1. The normalized spacial score (nSPS) is 10.6. The summed E-state index contributed by atoms with van der Waals surface area (Å²) in [5, 5.41) is 9.67. The Labute approximate surface area is 134 Å². The first-order valence-corrected chi connectivity index (χ1v) is 7.20. The number of nitrogens with two attached hydrogens (primary N) is 2. The molecule has 0 saturated heterocycles. The molecule has 7 nitrogen and oxygen atoms in total. The standard InChI is InChI=1S/C14H13BrN6O/c1-22-11-4-9(17)7(5-16)2-10(11)20-13-8-3-12(15)21-14(8)19-6-18-13/h2-6,16H,17H2,1H3,(H2,18,19,20,21)/p+1. The van der Waals surface area contributed by atoms with Gasteiger partial charge in [0.2, 0.25) is 0 Å². The van der Waals surface area contributed by atoms with E-state index in [1.165, 1.54) is 12.5 Å². The van der Waals surface area contributed by atoms with Gasteiger partial charge in [-0.05, 0) is 28.1 Å². The van der Waals surface area contributed by atoms with Crippen LogP contribution < -0.4 is 21.2 Å². The molecule has 1 aromatic carbocycles. The number of fused-ring (bicyclic) bond motifs is 1. The number of H-pyrrole nitrogens is 1. The second-order valence-corrected chi connectivity index (χ2v) is 5.43. The van der Waals surface area contributed by atoms with E-state index in [0.29, 0.717) is 28.5 Å². The van der Waals surface area contributed by atoms with Gasteiger partial charge in [0.1, 0.15) is 23.5 Å². The molecule has 2 heterocycles. The Morgan fingerprint density at radius 2 is 2.18 bits per heavy atom. The maximum absolute atomic E-state index is 5.91. The first-order chi connectivity index (χ1) is 10.6. The van der Waals surface area contributed by atoms with Gasteiger partial charge in [-0.2, -0.15) is 0 Å². The van der Waals surface area contributed by atoms with Gasteiger partial charge in [-0.15, -0.1) is 0 Å². The summed E-state index contributed by atoms with van der Waals surface area (Å²) in [6, 6.07) is 5.42. The predicted octanol–water partition coefficient (Wildman–Crippen LogP) is 1.23. The molecular formula is C14H14BrN6O+. The van der Waals surface area contributed by atoms with Crippen molar-refractivity contribution in [1.29, 1.82) is 0 Å². The van der Waals surface area contributed by atoms with Crippen molar-refractivity contribution < 1.29 is 10.1 Å². The summed E-state index contributed by atoms with van der Waals surface area (Å²) in [4.78, 5) is 11.6. The molecule has 2 aromatic heterocycles. The van der Waals surface area contributed by atoms with E-state index in [0.717, 1.165) is 15.6 Å². The number of benzene rings is 1. The highest BCUT2D eigenvalue weighted by Crippen LogP contribution is 2.33. The summed E-state index contributed by atoms with van der Waals surface area (Å²) < 4.78 is 6.18. The fourth-order valence-corrected chi connectivity index (χ4v) is 2.57. The van der Waals surface area contributed by atoms with Crippen molar-refractivity contribution >= 4 is 50.4 Å². The van der Waals surface area contributed by atoms with Crippen LogP contribution in [0, 0.1) is 0 Å². The zero-order chi connectivity index (χ0) is 15.7. The monoisotopic (exact) mass is 361 g/mol. The highest BCUT2D eigenvalue weighted by molar-refractivity contribution is 9.10. The van der Waals surface area contributed by atoms with Crippen LogP contribution in [0.3, 0.4) is 0 Å². The summed E-state index contributed by atoms with van der Waals surface area (Å²) in [6.45, 7) is 0. The molecule has 0 radical (unpaired) electrons. The highest BCUT2D eigenvalue weighted by Gasteiger charge is 2.12. The summed E-state index contributed by atoms with van der Waals surface area (Å²) in [6.07, 6.45) is 2.93. The topological polar surface area (TPSA) is 114 Å². The smallest absolute Gasteiger partial charge is 0.169 e. The van der Waals surface area contributed by atoms with E-state index in [-0.39, 0.29) is 0 Å². The molecule has 112 valence electrons. The highest BCUT2D eigenvalue weighted by atomic mass is 79.9. The van der Waals surface area contributed by atoms with Crippen molar-refractivity contribution in [3.63, 3.8) is 0 Å².